The molecule has 0 radical (unpaired) electrons. The number of para-hydroxylation sites is 1. The Labute approximate surface area is 174 Å². The Morgan fingerprint density at radius 3 is 2.60 bits per heavy atom. The Kier molecular flexibility index (Phi) is 5.15. The van der Waals surface area contributed by atoms with E-state index in [1.54, 1.807) is 17.0 Å². The van der Waals surface area contributed by atoms with Crippen LogP contribution in [0.1, 0.15) is 31.1 Å². The maximum absolute atomic E-state index is 12.5. The van der Waals surface area contributed by atoms with E-state index < -0.39 is 11.6 Å². The molecule has 1 aliphatic rings. The number of rotatable bonds is 3. The second-order valence-corrected chi connectivity index (χ2v) is 8.58. The lowest BCUT2D eigenvalue weighted by molar-refractivity contribution is -0.0465. The minimum absolute atomic E-state index is 0.223. The van der Waals surface area contributed by atoms with Gasteiger partial charge in [-0.1, -0.05) is 24.3 Å². The van der Waals surface area contributed by atoms with Gasteiger partial charge in [-0.05, 0) is 39.0 Å². The summed E-state index contributed by atoms with van der Waals surface area (Å²) in [6.07, 6.45) is -0.565. The normalized spacial score (nSPS) is 17.4. The third-order valence-electron chi connectivity index (χ3n) is 5.20. The molecule has 0 aliphatic carbocycles. The third-order valence-corrected chi connectivity index (χ3v) is 5.20. The Morgan fingerprint density at radius 1 is 1.13 bits per heavy atom. The Bertz CT molecular complexity index is 1110. The second-order valence-electron chi connectivity index (χ2n) is 8.58. The molecule has 30 heavy (non-hydrogen) atoms. The zero-order valence-corrected chi connectivity index (χ0v) is 17.4. The molecular formula is C23H26N2O5. The lowest BCUT2D eigenvalue weighted by Crippen LogP contribution is -2.48. The Morgan fingerprint density at radius 2 is 1.87 bits per heavy atom. The molecule has 1 aromatic heterocycles. The largest absolute Gasteiger partial charge is 0.478 e. The van der Waals surface area contributed by atoms with Gasteiger partial charge < -0.3 is 24.0 Å². The summed E-state index contributed by atoms with van der Waals surface area (Å²) in [4.78, 5) is 25.7. The first-order chi connectivity index (χ1) is 14.2. The van der Waals surface area contributed by atoms with E-state index in [9.17, 15) is 14.7 Å². The van der Waals surface area contributed by atoms with E-state index in [1.165, 1.54) is 0 Å². The van der Waals surface area contributed by atoms with E-state index in [-0.39, 0.29) is 17.8 Å². The zero-order chi connectivity index (χ0) is 21.5. The van der Waals surface area contributed by atoms with Gasteiger partial charge in [0.25, 0.3) is 0 Å². The molecule has 7 heteroatoms. The van der Waals surface area contributed by atoms with E-state index in [1.807, 2.05) is 51.1 Å². The molecule has 1 atom stereocenters. The molecule has 1 saturated heterocycles. The highest BCUT2D eigenvalue weighted by Gasteiger charge is 2.29. The number of ether oxygens (including phenoxy) is 2. The number of hydrogen-bond acceptors (Lipinski definition) is 4. The monoisotopic (exact) mass is 410 g/mol. The van der Waals surface area contributed by atoms with Crippen molar-refractivity contribution in [2.45, 2.75) is 39.0 Å². The predicted molar refractivity (Wildman–Crippen MR) is 114 cm³/mol. The molecule has 4 rings (SSSR count). The van der Waals surface area contributed by atoms with Crippen LogP contribution >= 0.6 is 0 Å². The number of nitrogens with zero attached hydrogens (tertiary/aromatic N) is 2. The van der Waals surface area contributed by atoms with E-state index in [4.69, 9.17) is 9.47 Å². The first-order valence-corrected chi connectivity index (χ1v) is 10.1. The summed E-state index contributed by atoms with van der Waals surface area (Å²) in [5, 5.41) is 11.5. The van der Waals surface area contributed by atoms with Crippen LogP contribution in [0.15, 0.2) is 42.5 Å². The number of morpholine rings is 1. The lowest BCUT2D eigenvalue weighted by Gasteiger charge is -2.34. The summed E-state index contributed by atoms with van der Waals surface area (Å²) < 4.78 is 13.5. The van der Waals surface area contributed by atoms with Crippen LogP contribution in [0, 0.1) is 0 Å². The summed E-state index contributed by atoms with van der Waals surface area (Å²) in [5.41, 5.74) is 1.54. The fourth-order valence-electron chi connectivity index (χ4n) is 3.90. The first kappa shape index (κ1) is 20.2. The minimum Gasteiger partial charge on any atom is -0.478 e. The molecule has 7 nitrogen and oxygen atoms in total. The van der Waals surface area contributed by atoms with Crippen LogP contribution in [0.2, 0.25) is 0 Å². The van der Waals surface area contributed by atoms with E-state index in [2.05, 4.69) is 4.57 Å². The molecule has 3 aromatic rings. The number of amides is 1. The number of carboxylic acid groups (broad SMARTS) is 1. The molecular weight excluding hydrogens is 384 g/mol. The highest BCUT2D eigenvalue weighted by molar-refractivity contribution is 6.09. The molecule has 0 spiro atoms. The topological polar surface area (TPSA) is 81.0 Å². The van der Waals surface area contributed by atoms with Crippen molar-refractivity contribution in [1.29, 1.82) is 0 Å². The molecule has 1 fully saturated rings. The number of carbonyl (C=O) groups is 2. The first-order valence-electron chi connectivity index (χ1n) is 10.1. The number of carbonyl (C=O) groups excluding carboxylic acids is 1. The van der Waals surface area contributed by atoms with Gasteiger partial charge in [0.2, 0.25) is 0 Å². The van der Waals surface area contributed by atoms with Crippen LogP contribution < -0.4 is 0 Å². The SMILES string of the molecule is CC(C)(C)OC(=O)N1CCOC(Cn2c3ccccc3c3ccc(C(=O)O)cc32)C1. The van der Waals surface area contributed by atoms with Crippen LogP contribution in [0.25, 0.3) is 21.8 Å². The lowest BCUT2D eigenvalue weighted by atomic mass is 10.1. The molecule has 0 saturated carbocycles. The van der Waals surface area contributed by atoms with Gasteiger partial charge in [-0.15, -0.1) is 0 Å². The van der Waals surface area contributed by atoms with Crippen molar-refractivity contribution in [2.24, 2.45) is 0 Å². The van der Waals surface area contributed by atoms with Crippen molar-refractivity contribution in [3.63, 3.8) is 0 Å². The van der Waals surface area contributed by atoms with Crippen molar-refractivity contribution in [1.82, 2.24) is 9.47 Å². The number of hydrogen-bond donors (Lipinski definition) is 1. The van der Waals surface area contributed by atoms with Crippen molar-refractivity contribution >= 4 is 33.9 Å². The fourth-order valence-corrected chi connectivity index (χ4v) is 3.90. The molecule has 1 unspecified atom stereocenters. The summed E-state index contributed by atoms with van der Waals surface area (Å²) in [7, 11) is 0. The van der Waals surface area contributed by atoms with E-state index in [0.717, 1.165) is 21.8 Å². The third kappa shape index (κ3) is 3.98. The van der Waals surface area contributed by atoms with Gasteiger partial charge in [0.05, 0.1) is 36.9 Å². The van der Waals surface area contributed by atoms with E-state index in [0.29, 0.717) is 26.2 Å². The van der Waals surface area contributed by atoms with Crippen molar-refractivity contribution in [2.75, 3.05) is 19.7 Å². The minimum atomic E-state index is -0.960. The quantitative estimate of drug-likeness (QED) is 0.702. The van der Waals surface area contributed by atoms with Gasteiger partial charge in [-0.2, -0.15) is 0 Å². The van der Waals surface area contributed by atoms with Gasteiger partial charge >= 0.3 is 12.1 Å². The highest BCUT2D eigenvalue weighted by Crippen LogP contribution is 2.30. The van der Waals surface area contributed by atoms with Crippen molar-refractivity contribution in [3.8, 4) is 0 Å². The average molecular weight is 410 g/mol. The maximum atomic E-state index is 12.5. The summed E-state index contributed by atoms with van der Waals surface area (Å²) >= 11 is 0. The smallest absolute Gasteiger partial charge is 0.410 e. The van der Waals surface area contributed by atoms with Crippen LogP contribution in [0.5, 0.6) is 0 Å². The van der Waals surface area contributed by atoms with Gasteiger partial charge in [-0.25, -0.2) is 9.59 Å². The van der Waals surface area contributed by atoms with Crippen LogP contribution in [0.4, 0.5) is 4.79 Å². The molecule has 0 bridgehead atoms. The van der Waals surface area contributed by atoms with Crippen molar-refractivity contribution in [3.05, 3.63) is 48.0 Å². The second kappa shape index (κ2) is 7.65. The van der Waals surface area contributed by atoms with E-state index >= 15 is 0 Å². The van der Waals surface area contributed by atoms with Crippen LogP contribution in [-0.2, 0) is 16.0 Å². The number of carboxylic acids is 1. The molecule has 1 aliphatic heterocycles. The van der Waals surface area contributed by atoms with Gasteiger partial charge in [-0.3, -0.25) is 0 Å². The summed E-state index contributed by atoms with van der Waals surface area (Å²) in [6, 6.07) is 13.2. The molecule has 158 valence electrons. The molecule has 1 amide bonds. The standard InChI is InChI=1S/C23H26N2O5/c1-23(2,3)30-22(28)24-10-11-29-16(13-24)14-25-19-7-5-4-6-17(19)18-9-8-15(21(26)27)12-20(18)25/h4-9,12,16H,10-11,13-14H2,1-3H3,(H,26,27). The Balaban J connectivity index is 1.66. The number of fused-ring (bicyclic) bond motifs is 3. The summed E-state index contributed by atoms with van der Waals surface area (Å²) in [5.74, 6) is -0.960. The predicted octanol–water partition coefficient (Wildman–Crippen LogP) is 4.13. The molecule has 1 N–H and O–H groups in total. The fraction of sp³-hybridized carbons (Fsp3) is 0.391. The van der Waals surface area contributed by atoms with Crippen LogP contribution in [0.3, 0.4) is 0 Å². The highest BCUT2D eigenvalue weighted by atomic mass is 16.6. The Hall–Kier alpha value is -3.06. The summed E-state index contributed by atoms with van der Waals surface area (Å²) in [6.45, 7) is 7.39. The van der Waals surface area contributed by atoms with Gasteiger partial charge in [0.15, 0.2) is 0 Å². The number of benzene rings is 2. The average Bonchev–Trinajstić information content (AvgIpc) is 3.00. The van der Waals surface area contributed by atoms with Crippen molar-refractivity contribution < 1.29 is 24.2 Å². The zero-order valence-electron chi connectivity index (χ0n) is 17.4. The maximum Gasteiger partial charge on any atom is 0.410 e. The van der Waals surface area contributed by atoms with Crippen LogP contribution in [-0.4, -0.2) is 58.0 Å². The molecule has 2 heterocycles. The van der Waals surface area contributed by atoms with Gasteiger partial charge in [0, 0.05) is 22.8 Å². The number of aromatic nitrogens is 1. The number of aromatic carboxylic acids is 1. The van der Waals surface area contributed by atoms with Gasteiger partial charge in [0.1, 0.15) is 5.60 Å². The molecule has 2 aromatic carbocycles.